The minimum Gasteiger partial charge on any atom is -0.242 e. The van der Waals surface area contributed by atoms with Crippen LogP contribution in [-0.4, -0.2) is 30.1 Å². The van der Waals surface area contributed by atoms with Crippen molar-refractivity contribution in [2.45, 2.75) is 30.0 Å². The van der Waals surface area contributed by atoms with Crippen LogP contribution >= 0.6 is 11.8 Å². The van der Waals surface area contributed by atoms with Gasteiger partial charge in [-0.15, -0.1) is 11.8 Å². The number of halogens is 7. The lowest BCUT2D eigenvalue weighted by Gasteiger charge is -2.27. The molecule has 142 valence electrons. The zero-order chi connectivity index (χ0) is 19.6. The number of alkyl halides is 7. The number of fused-ring (bicyclic) bond motifs is 1. The van der Waals surface area contributed by atoms with E-state index in [0.717, 1.165) is 22.2 Å². The van der Waals surface area contributed by atoms with Gasteiger partial charge < -0.3 is 0 Å². The second-order valence-corrected chi connectivity index (χ2v) is 6.45. The summed E-state index contributed by atoms with van der Waals surface area (Å²) in [7, 11) is 0. The summed E-state index contributed by atoms with van der Waals surface area (Å²) in [5.74, 6) is -5.47. The Labute approximate surface area is 148 Å². The molecule has 0 aliphatic rings. The summed E-state index contributed by atoms with van der Waals surface area (Å²) < 4.78 is 88.2. The molecule has 0 amide bonds. The maximum atomic E-state index is 13.2. The normalized spacial score (nSPS) is 13.5. The lowest BCUT2D eigenvalue weighted by atomic mass is 10.1. The fourth-order valence-electron chi connectivity index (χ4n) is 2.12. The van der Waals surface area contributed by atoms with Crippen molar-refractivity contribution in [3.8, 4) is 0 Å². The molecule has 0 spiro atoms. The summed E-state index contributed by atoms with van der Waals surface area (Å²) in [5.41, 5.74) is 0.911. The van der Waals surface area contributed by atoms with Gasteiger partial charge in [0.15, 0.2) is 0 Å². The topological polar surface area (TPSA) is 24.4 Å². The van der Waals surface area contributed by atoms with Crippen molar-refractivity contribution >= 4 is 28.7 Å². The lowest BCUT2D eigenvalue weighted by Crippen LogP contribution is -2.58. The van der Waals surface area contributed by atoms with Crippen LogP contribution in [0.2, 0.25) is 0 Å². The summed E-state index contributed by atoms with van der Waals surface area (Å²) in [5, 5.41) is 4.29. The molecule has 0 atom stereocenters. The third-order valence-corrected chi connectivity index (χ3v) is 4.33. The van der Waals surface area contributed by atoms with Crippen LogP contribution in [0.1, 0.15) is 12.5 Å². The Morgan fingerprint density at radius 2 is 1.58 bits per heavy atom. The first-order valence-electron chi connectivity index (χ1n) is 7.28. The van der Waals surface area contributed by atoms with Crippen LogP contribution in [0.5, 0.6) is 0 Å². The Morgan fingerprint density at radius 1 is 0.962 bits per heavy atom. The third kappa shape index (κ3) is 3.89. The van der Waals surface area contributed by atoms with Gasteiger partial charge in [-0.2, -0.15) is 35.8 Å². The van der Waals surface area contributed by atoms with Gasteiger partial charge in [-0.05, 0) is 22.6 Å². The number of hydrogen-bond acceptors (Lipinski definition) is 3. The second kappa shape index (κ2) is 7.34. The molecule has 0 bridgehead atoms. The Kier molecular flexibility index (Phi) is 5.74. The standard InChI is InChI=1S/C16H13F7N2S/c1-2-26-13-8-7-10(11-5-3-4-6-12(11)13)9-24-25-16(22,23)14(17,18)15(19,20)21/h3-9,25H,2H2,1H3/b24-9+. The van der Waals surface area contributed by atoms with E-state index in [1.54, 1.807) is 42.1 Å². The molecule has 0 aliphatic heterocycles. The molecule has 2 rings (SSSR count). The van der Waals surface area contributed by atoms with E-state index in [2.05, 4.69) is 5.10 Å². The van der Waals surface area contributed by atoms with E-state index in [1.165, 1.54) is 6.07 Å². The number of hydrogen-bond donors (Lipinski definition) is 1. The van der Waals surface area contributed by atoms with E-state index in [4.69, 9.17) is 0 Å². The number of rotatable bonds is 6. The van der Waals surface area contributed by atoms with E-state index >= 15 is 0 Å². The first-order chi connectivity index (χ1) is 12.0. The highest BCUT2D eigenvalue weighted by atomic mass is 32.2. The summed E-state index contributed by atoms with van der Waals surface area (Å²) in [6.45, 7) is 1.95. The van der Waals surface area contributed by atoms with Crippen LogP contribution in [0.25, 0.3) is 10.8 Å². The SMILES string of the molecule is CCSc1ccc(/C=N/NC(F)(F)C(F)(F)C(F)(F)F)c2ccccc12. The Balaban J connectivity index is 2.30. The Bertz CT molecular complexity index is 803. The van der Waals surface area contributed by atoms with Crippen LogP contribution in [0.4, 0.5) is 30.7 Å². The van der Waals surface area contributed by atoms with Crippen molar-refractivity contribution in [2.75, 3.05) is 5.75 Å². The van der Waals surface area contributed by atoms with Gasteiger partial charge in [-0.1, -0.05) is 37.3 Å². The van der Waals surface area contributed by atoms with Crippen LogP contribution in [-0.2, 0) is 0 Å². The molecule has 0 aromatic heterocycles. The van der Waals surface area contributed by atoms with Gasteiger partial charge in [0.2, 0.25) is 0 Å². The summed E-state index contributed by atoms with van der Waals surface area (Å²) in [4.78, 5) is 0.919. The van der Waals surface area contributed by atoms with Crippen molar-refractivity contribution < 1.29 is 30.7 Å². The fraction of sp³-hybridized carbons (Fsp3) is 0.312. The highest BCUT2D eigenvalue weighted by Crippen LogP contribution is 2.45. The molecule has 2 aromatic carbocycles. The molecule has 0 saturated heterocycles. The summed E-state index contributed by atoms with van der Waals surface area (Å²) >= 11 is 1.54. The molecule has 0 unspecified atom stereocenters. The molecule has 0 saturated carbocycles. The van der Waals surface area contributed by atoms with Gasteiger partial charge in [-0.25, -0.2) is 5.43 Å². The molecular weight excluding hydrogens is 385 g/mol. The molecule has 2 nitrogen and oxygen atoms in total. The predicted molar refractivity (Wildman–Crippen MR) is 87.0 cm³/mol. The molecule has 0 heterocycles. The Hall–Kier alpha value is -1.97. The first-order valence-corrected chi connectivity index (χ1v) is 8.27. The van der Waals surface area contributed by atoms with Crippen LogP contribution in [0.3, 0.4) is 0 Å². The maximum Gasteiger partial charge on any atom is 0.462 e. The van der Waals surface area contributed by atoms with E-state index in [1.807, 2.05) is 6.92 Å². The number of thioether (sulfide) groups is 1. The lowest BCUT2D eigenvalue weighted by molar-refractivity contribution is -0.361. The minimum atomic E-state index is -6.41. The van der Waals surface area contributed by atoms with Gasteiger partial charge in [0.05, 0.1) is 6.21 Å². The van der Waals surface area contributed by atoms with Crippen molar-refractivity contribution in [1.29, 1.82) is 0 Å². The fourth-order valence-corrected chi connectivity index (χ4v) is 2.93. The van der Waals surface area contributed by atoms with E-state index in [-0.39, 0.29) is 0 Å². The summed E-state index contributed by atoms with van der Waals surface area (Å²) in [6, 6.07) is 4.52. The molecule has 0 fully saturated rings. The van der Waals surface area contributed by atoms with E-state index in [9.17, 15) is 30.7 Å². The van der Waals surface area contributed by atoms with Gasteiger partial charge in [0.25, 0.3) is 0 Å². The largest absolute Gasteiger partial charge is 0.462 e. The average Bonchev–Trinajstić information content (AvgIpc) is 2.55. The molecule has 2 aromatic rings. The number of nitrogens with one attached hydrogen (secondary N) is 1. The number of benzene rings is 2. The van der Waals surface area contributed by atoms with Gasteiger partial charge in [0.1, 0.15) is 0 Å². The Morgan fingerprint density at radius 3 is 2.15 bits per heavy atom. The average molecular weight is 398 g/mol. The summed E-state index contributed by atoms with van der Waals surface area (Å²) in [6.07, 6.45) is -5.63. The van der Waals surface area contributed by atoms with Gasteiger partial charge in [-0.3, -0.25) is 0 Å². The van der Waals surface area contributed by atoms with Gasteiger partial charge >= 0.3 is 18.1 Å². The van der Waals surface area contributed by atoms with Crippen molar-refractivity contribution in [3.05, 3.63) is 42.0 Å². The zero-order valence-electron chi connectivity index (χ0n) is 13.2. The molecule has 26 heavy (non-hydrogen) atoms. The quantitative estimate of drug-likeness (QED) is 0.223. The predicted octanol–water partition coefficient (Wildman–Crippen LogP) is 5.67. The van der Waals surface area contributed by atoms with E-state index < -0.39 is 18.1 Å². The zero-order valence-corrected chi connectivity index (χ0v) is 14.1. The first kappa shape index (κ1) is 20.3. The van der Waals surface area contributed by atoms with Crippen molar-refractivity contribution in [1.82, 2.24) is 5.43 Å². The second-order valence-electron chi connectivity index (χ2n) is 5.15. The number of nitrogens with zero attached hydrogens (tertiary/aromatic N) is 1. The highest BCUT2D eigenvalue weighted by Gasteiger charge is 2.73. The van der Waals surface area contributed by atoms with Crippen molar-refractivity contribution in [2.24, 2.45) is 5.10 Å². The van der Waals surface area contributed by atoms with Crippen LogP contribution < -0.4 is 5.43 Å². The van der Waals surface area contributed by atoms with Gasteiger partial charge in [0, 0.05) is 10.5 Å². The van der Waals surface area contributed by atoms with E-state index in [0.29, 0.717) is 16.4 Å². The molecule has 10 heteroatoms. The molecule has 0 aliphatic carbocycles. The molecular formula is C16H13F7N2S. The molecule has 0 radical (unpaired) electrons. The highest BCUT2D eigenvalue weighted by molar-refractivity contribution is 7.99. The smallest absolute Gasteiger partial charge is 0.242 e. The minimum absolute atomic E-state index is 0.291. The van der Waals surface area contributed by atoms with Crippen molar-refractivity contribution in [3.63, 3.8) is 0 Å². The number of hydrazone groups is 1. The van der Waals surface area contributed by atoms with Crippen LogP contribution in [0, 0.1) is 0 Å². The monoisotopic (exact) mass is 398 g/mol. The molecule has 1 N–H and O–H groups in total. The maximum absolute atomic E-state index is 13.2. The third-order valence-electron chi connectivity index (χ3n) is 3.38. The van der Waals surface area contributed by atoms with Crippen LogP contribution in [0.15, 0.2) is 46.4 Å².